The molecule has 106 valence electrons. The van der Waals surface area contributed by atoms with Crippen molar-refractivity contribution in [1.82, 2.24) is 10.3 Å². The summed E-state index contributed by atoms with van der Waals surface area (Å²) in [6, 6.07) is -0.677. The van der Waals surface area contributed by atoms with Gasteiger partial charge in [0.1, 0.15) is 10.7 Å². The van der Waals surface area contributed by atoms with Crippen LogP contribution in [0.2, 0.25) is 0 Å². The molecule has 1 aliphatic heterocycles. The molecule has 0 aromatic carbocycles. The van der Waals surface area contributed by atoms with Crippen LogP contribution in [-0.4, -0.2) is 53.4 Å². The second kappa shape index (κ2) is 6.18. The van der Waals surface area contributed by atoms with Crippen LogP contribution < -0.4 is 16.0 Å². The molecule has 1 amide bonds. The third kappa shape index (κ3) is 3.14. The number of aliphatic hydroxyl groups is 2. The summed E-state index contributed by atoms with van der Waals surface area (Å²) in [5.74, 6) is -0.215. The topological polar surface area (TPSA) is 112 Å². The van der Waals surface area contributed by atoms with E-state index in [9.17, 15) is 4.79 Å². The summed E-state index contributed by atoms with van der Waals surface area (Å²) in [4.78, 5) is 18.6. The van der Waals surface area contributed by atoms with Crippen molar-refractivity contribution >= 4 is 28.2 Å². The zero-order valence-electron chi connectivity index (χ0n) is 10.5. The first-order valence-corrected chi connectivity index (χ1v) is 7.01. The Bertz CT molecular complexity index is 441. The molecule has 1 aromatic rings. The van der Waals surface area contributed by atoms with Gasteiger partial charge in [-0.3, -0.25) is 4.79 Å². The average molecular weight is 286 g/mol. The minimum atomic E-state index is -0.677. The van der Waals surface area contributed by atoms with Crippen molar-refractivity contribution in [3.8, 4) is 0 Å². The van der Waals surface area contributed by atoms with Gasteiger partial charge in [0.05, 0.1) is 19.3 Å². The highest BCUT2D eigenvalue weighted by Crippen LogP contribution is 2.30. The van der Waals surface area contributed by atoms with Gasteiger partial charge < -0.3 is 26.2 Å². The van der Waals surface area contributed by atoms with E-state index in [-0.39, 0.29) is 19.0 Å². The molecule has 0 spiro atoms. The van der Waals surface area contributed by atoms with Crippen molar-refractivity contribution in [2.24, 2.45) is 0 Å². The highest BCUT2D eigenvalue weighted by molar-refractivity contribution is 7.18. The average Bonchev–Trinajstić information content (AvgIpc) is 3.04. The third-order valence-corrected chi connectivity index (χ3v) is 4.13. The summed E-state index contributed by atoms with van der Waals surface area (Å²) in [6.45, 7) is 1.23. The number of aliphatic hydroxyl groups excluding tert-OH is 2. The van der Waals surface area contributed by atoms with Gasteiger partial charge in [-0.1, -0.05) is 11.3 Å². The van der Waals surface area contributed by atoms with Crippen molar-refractivity contribution in [1.29, 1.82) is 0 Å². The summed E-state index contributed by atoms with van der Waals surface area (Å²) >= 11 is 1.24. The number of anilines is 2. The number of carbonyl (C=O) groups excluding carboxylic acids is 1. The number of hydrogen-bond acceptors (Lipinski definition) is 7. The first-order chi connectivity index (χ1) is 9.15. The number of nitrogens with two attached hydrogens (primary N) is 1. The number of carbonyl (C=O) groups is 1. The number of nitrogens with zero attached hydrogens (tertiary/aromatic N) is 2. The summed E-state index contributed by atoms with van der Waals surface area (Å²) in [7, 11) is 0. The Labute approximate surface area is 115 Å². The van der Waals surface area contributed by atoms with Gasteiger partial charge in [-0.15, -0.1) is 0 Å². The maximum atomic E-state index is 12.0. The van der Waals surface area contributed by atoms with Crippen LogP contribution in [-0.2, 0) is 0 Å². The second-order valence-corrected chi connectivity index (χ2v) is 5.42. The fraction of sp³-hybridized carbons (Fsp3) is 0.636. The Kier molecular flexibility index (Phi) is 4.56. The molecule has 2 heterocycles. The second-order valence-electron chi connectivity index (χ2n) is 4.44. The number of hydrogen-bond donors (Lipinski definition) is 4. The number of amides is 1. The van der Waals surface area contributed by atoms with Crippen LogP contribution >= 0.6 is 11.3 Å². The Morgan fingerprint density at radius 2 is 2.05 bits per heavy atom. The smallest absolute Gasteiger partial charge is 0.265 e. The van der Waals surface area contributed by atoms with Crippen molar-refractivity contribution in [3.05, 3.63) is 4.88 Å². The summed E-state index contributed by atoms with van der Waals surface area (Å²) in [5, 5.41) is 21.1. The summed E-state index contributed by atoms with van der Waals surface area (Å²) in [5.41, 5.74) is 5.76. The molecule has 19 heavy (non-hydrogen) atoms. The predicted molar refractivity (Wildman–Crippen MR) is 73.4 cm³/mol. The maximum Gasteiger partial charge on any atom is 0.265 e. The molecule has 5 N–H and O–H groups in total. The van der Waals surface area contributed by atoms with Gasteiger partial charge in [-0.05, 0) is 12.8 Å². The Morgan fingerprint density at radius 3 is 2.63 bits per heavy atom. The molecule has 1 saturated heterocycles. The molecule has 1 aliphatic rings. The third-order valence-electron chi connectivity index (χ3n) is 3.00. The minimum Gasteiger partial charge on any atom is -0.394 e. The number of nitrogen functional groups attached to an aromatic ring is 1. The molecule has 0 saturated carbocycles. The quantitative estimate of drug-likeness (QED) is 0.575. The lowest BCUT2D eigenvalue weighted by atomic mass is 10.3. The lowest BCUT2D eigenvalue weighted by Crippen LogP contribution is -2.40. The first-order valence-electron chi connectivity index (χ1n) is 6.19. The van der Waals surface area contributed by atoms with E-state index in [1.165, 1.54) is 11.3 Å². The summed E-state index contributed by atoms with van der Waals surface area (Å²) < 4.78 is 0. The Morgan fingerprint density at radius 1 is 1.42 bits per heavy atom. The van der Waals surface area contributed by atoms with Crippen LogP contribution in [0, 0.1) is 0 Å². The van der Waals surface area contributed by atoms with Crippen LogP contribution in [0.3, 0.4) is 0 Å². The van der Waals surface area contributed by atoms with Crippen LogP contribution in [0.5, 0.6) is 0 Å². The molecule has 0 atom stereocenters. The predicted octanol–water partition coefficient (Wildman–Crippen LogP) is -0.592. The number of nitrogens with one attached hydrogen (secondary N) is 1. The van der Waals surface area contributed by atoms with E-state index in [2.05, 4.69) is 15.2 Å². The van der Waals surface area contributed by atoms with E-state index in [0.29, 0.717) is 4.88 Å². The van der Waals surface area contributed by atoms with Crippen LogP contribution in [0.4, 0.5) is 10.9 Å². The fourth-order valence-corrected chi connectivity index (χ4v) is 2.87. The number of aromatic nitrogens is 1. The SMILES string of the molecule is Nc1nc(N2CCCC2)sc1C(=O)NC(CO)CO. The molecule has 1 fully saturated rings. The summed E-state index contributed by atoms with van der Waals surface area (Å²) in [6.07, 6.45) is 2.25. The standard InChI is InChI=1S/C11H18N4O3S/c12-9-8(10(18)13-7(5-16)6-17)19-11(14-9)15-3-1-2-4-15/h7,16-17H,1-6,12H2,(H,13,18). The molecule has 7 nitrogen and oxygen atoms in total. The highest BCUT2D eigenvalue weighted by Gasteiger charge is 2.22. The largest absolute Gasteiger partial charge is 0.394 e. The zero-order chi connectivity index (χ0) is 13.8. The molecular weight excluding hydrogens is 268 g/mol. The van der Waals surface area contributed by atoms with E-state index in [1.807, 2.05) is 0 Å². The van der Waals surface area contributed by atoms with Crippen molar-refractivity contribution in [3.63, 3.8) is 0 Å². The van der Waals surface area contributed by atoms with Gasteiger partial charge in [0.15, 0.2) is 5.13 Å². The van der Waals surface area contributed by atoms with Gasteiger partial charge in [0, 0.05) is 13.1 Å². The van der Waals surface area contributed by atoms with Crippen LogP contribution in [0.25, 0.3) is 0 Å². The minimum absolute atomic E-state index is 0.194. The molecule has 0 unspecified atom stereocenters. The Hall–Kier alpha value is -1.38. The molecular formula is C11H18N4O3S. The fourth-order valence-electron chi connectivity index (χ4n) is 1.93. The van der Waals surface area contributed by atoms with Crippen molar-refractivity contribution in [2.75, 3.05) is 36.9 Å². The molecule has 0 radical (unpaired) electrons. The van der Waals surface area contributed by atoms with E-state index in [0.717, 1.165) is 31.1 Å². The maximum absolute atomic E-state index is 12.0. The molecule has 8 heteroatoms. The lowest BCUT2D eigenvalue weighted by Gasteiger charge is -2.13. The van der Waals surface area contributed by atoms with Crippen LogP contribution in [0.1, 0.15) is 22.5 Å². The molecule has 0 bridgehead atoms. The van der Waals surface area contributed by atoms with E-state index < -0.39 is 11.9 Å². The molecule has 2 rings (SSSR count). The Balaban J connectivity index is 2.09. The highest BCUT2D eigenvalue weighted by atomic mass is 32.1. The first kappa shape index (κ1) is 14.0. The number of rotatable bonds is 5. The van der Waals surface area contributed by atoms with Gasteiger partial charge >= 0.3 is 0 Å². The van der Waals surface area contributed by atoms with E-state index >= 15 is 0 Å². The molecule has 1 aromatic heterocycles. The van der Waals surface area contributed by atoms with Crippen molar-refractivity contribution < 1.29 is 15.0 Å². The van der Waals surface area contributed by atoms with Gasteiger partial charge in [0.2, 0.25) is 0 Å². The van der Waals surface area contributed by atoms with Gasteiger partial charge in [-0.2, -0.15) is 0 Å². The van der Waals surface area contributed by atoms with E-state index in [4.69, 9.17) is 15.9 Å². The zero-order valence-corrected chi connectivity index (χ0v) is 11.3. The van der Waals surface area contributed by atoms with Crippen molar-refractivity contribution in [2.45, 2.75) is 18.9 Å². The van der Waals surface area contributed by atoms with E-state index in [1.54, 1.807) is 0 Å². The number of thiazole rings is 1. The van der Waals surface area contributed by atoms with Crippen LogP contribution in [0.15, 0.2) is 0 Å². The monoisotopic (exact) mass is 286 g/mol. The lowest BCUT2D eigenvalue weighted by molar-refractivity contribution is 0.0884. The molecule has 0 aliphatic carbocycles. The normalized spacial score (nSPS) is 15.2. The van der Waals surface area contributed by atoms with Gasteiger partial charge in [0.25, 0.3) is 5.91 Å². The van der Waals surface area contributed by atoms with Gasteiger partial charge in [-0.25, -0.2) is 4.98 Å².